The highest BCUT2D eigenvalue weighted by atomic mass is 16.6. The molecule has 2 atom stereocenters. The van der Waals surface area contributed by atoms with Gasteiger partial charge < -0.3 is 0 Å². The zero-order chi connectivity index (χ0) is 15.3. The highest BCUT2D eigenvalue weighted by Crippen LogP contribution is 2.27. The van der Waals surface area contributed by atoms with Gasteiger partial charge in [0.1, 0.15) is 0 Å². The second kappa shape index (κ2) is 7.39. The van der Waals surface area contributed by atoms with Gasteiger partial charge in [-0.2, -0.15) is 5.48 Å². The van der Waals surface area contributed by atoms with E-state index in [1.807, 2.05) is 18.2 Å². The molecule has 118 valence electrons. The molecule has 0 aromatic heterocycles. The second-order valence-corrected chi connectivity index (χ2v) is 7.05. The van der Waals surface area contributed by atoms with E-state index in [2.05, 4.69) is 50.2 Å². The molecule has 21 heavy (non-hydrogen) atoms. The summed E-state index contributed by atoms with van der Waals surface area (Å²) in [6.07, 6.45) is 3.68. The van der Waals surface area contributed by atoms with Crippen LogP contribution in [0.3, 0.4) is 0 Å². The minimum Gasteiger partial charge on any atom is -0.297 e. The van der Waals surface area contributed by atoms with Crippen LogP contribution in [0.25, 0.3) is 0 Å². The Balaban J connectivity index is 1.82. The maximum absolute atomic E-state index is 5.71. The number of hydroxylamine groups is 1. The van der Waals surface area contributed by atoms with Crippen molar-refractivity contribution in [3.05, 3.63) is 35.9 Å². The first-order valence-corrected chi connectivity index (χ1v) is 8.18. The zero-order valence-electron chi connectivity index (χ0n) is 13.9. The number of hydrogen-bond donors (Lipinski definition) is 1. The Morgan fingerprint density at radius 3 is 2.52 bits per heavy atom. The van der Waals surface area contributed by atoms with E-state index >= 15 is 0 Å². The average molecular weight is 290 g/mol. The third kappa shape index (κ3) is 4.80. The Kier molecular flexibility index (Phi) is 5.80. The molecular weight excluding hydrogens is 260 g/mol. The molecular formula is C18H30N2O. The van der Waals surface area contributed by atoms with Crippen molar-refractivity contribution in [3.63, 3.8) is 0 Å². The summed E-state index contributed by atoms with van der Waals surface area (Å²) in [6, 6.07) is 11.4. The van der Waals surface area contributed by atoms with Crippen LogP contribution in [0.1, 0.15) is 52.5 Å². The van der Waals surface area contributed by atoms with Gasteiger partial charge in [0.25, 0.3) is 0 Å². The van der Waals surface area contributed by atoms with Crippen LogP contribution in [0.2, 0.25) is 0 Å². The van der Waals surface area contributed by atoms with Gasteiger partial charge in [0.05, 0.1) is 6.61 Å². The lowest BCUT2D eigenvalue weighted by Crippen LogP contribution is -2.57. The molecule has 1 heterocycles. The highest BCUT2D eigenvalue weighted by Gasteiger charge is 2.33. The monoisotopic (exact) mass is 290 g/mol. The SMILES string of the molecule is CC[C@H]1CC[C@H](NOCc2ccccc2)CN1C(C)(C)C. The molecule has 0 aliphatic carbocycles. The minimum absolute atomic E-state index is 0.223. The first-order chi connectivity index (χ1) is 10.0. The van der Waals surface area contributed by atoms with Gasteiger partial charge in [-0.05, 0) is 45.6 Å². The zero-order valence-corrected chi connectivity index (χ0v) is 13.9. The van der Waals surface area contributed by atoms with E-state index < -0.39 is 0 Å². The summed E-state index contributed by atoms with van der Waals surface area (Å²) in [6.45, 7) is 10.9. The number of likely N-dealkylation sites (tertiary alicyclic amines) is 1. The lowest BCUT2D eigenvalue weighted by atomic mass is 9.91. The van der Waals surface area contributed by atoms with Gasteiger partial charge in [-0.25, -0.2) is 0 Å². The summed E-state index contributed by atoms with van der Waals surface area (Å²) in [5.41, 5.74) is 4.71. The van der Waals surface area contributed by atoms with Crippen molar-refractivity contribution in [2.75, 3.05) is 6.54 Å². The van der Waals surface area contributed by atoms with Crippen LogP contribution < -0.4 is 5.48 Å². The quantitative estimate of drug-likeness (QED) is 0.836. The minimum atomic E-state index is 0.223. The van der Waals surface area contributed by atoms with E-state index in [9.17, 15) is 0 Å². The Morgan fingerprint density at radius 2 is 1.90 bits per heavy atom. The van der Waals surface area contributed by atoms with Crippen LogP contribution in [0, 0.1) is 0 Å². The van der Waals surface area contributed by atoms with Crippen LogP contribution >= 0.6 is 0 Å². The highest BCUT2D eigenvalue weighted by molar-refractivity contribution is 5.13. The van der Waals surface area contributed by atoms with E-state index in [1.54, 1.807) is 0 Å². The molecule has 0 spiro atoms. The van der Waals surface area contributed by atoms with Gasteiger partial charge in [0.15, 0.2) is 0 Å². The normalized spacial score (nSPS) is 24.2. The molecule has 0 amide bonds. The molecule has 1 saturated heterocycles. The van der Waals surface area contributed by atoms with E-state index in [4.69, 9.17) is 4.84 Å². The third-order valence-corrected chi connectivity index (χ3v) is 4.37. The second-order valence-electron chi connectivity index (χ2n) is 7.05. The number of nitrogens with one attached hydrogen (secondary N) is 1. The molecule has 1 aromatic rings. The van der Waals surface area contributed by atoms with E-state index in [0.29, 0.717) is 18.7 Å². The fourth-order valence-electron chi connectivity index (χ4n) is 3.19. The van der Waals surface area contributed by atoms with E-state index in [-0.39, 0.29) is 5.54 Å². The largest absolute Gasteiger partial charge is 0.297 e. The molecule has 0 radical (unpaired) electrons. The lowest BCUT2D eigenvalue weighted by Gasteiger charge is -2.47. The van der Waals surface area contributed by atoms with E-state index in [0.717, 1.165) is 6.54 Å². The number of benzene rings is 1. The third-order valence-electron chi connectivity index (χ3n) is 4.37. The predicted octanol–water partition coefficient (Wildman–Crippen LogP) is 3.75. The maximum Gasteiger partial charge on any atom is 0.0933 e. The summed E-state index contributed by atoms with van der Waals surface area (Å²) in [5, 5.41) is 0. The molecule has 0 bridgehead atoms. The molecule has 1 aliphatic heterocycles. The molecule has 3 nitrogen and oxygen atoms in total. The molecule has 1 N–H and O–H groups in total. The van der Waals surface area contributed by atoms with Gasteiger partial charge in [-0.15, -0.1) is 0 Å². The molecule has 0 saturated carbocycles. The lowest BCUT2D eigenvalue weighted by molar-refractivity contribution is -0.0427. The van der Waals surface area contributed by atoms with Crippen LogP contribution in [0.15, 0.2) is 30.3 Å². The molecule has 3 heteroatoms. The fourth-order valence-corrected chi connectivity index (χ4v) is 3.19. The Bertz CT molecular complexity index is 413. The molecule has 2 rings (SSSR count). The molecule has 1 aliphatic rings. The number of hydrogen-bond acceptors (Lipinski definition) is 3. The number of nitrogens with zero attached hydrogens (tertiary/aromatic N) is 1. The average Bonchev–Trinajstić information content (AvgIpc) is 2.47. The molecule has 0 unspecified atom stereocenters. The van der Waals surface area contributed by atoms with Crippen molar-refractivity contribution in [2.24, 2.45) is 0 Å². The topological polar surface area (TPSA) is 24.5 Å². The van der Waals surface area contributed by atoms with Gasteiger partial charge in [0.2, 0.25) is 0 Å². The Labute approximate surface area is 129 Å². The van der Waals surface area contributed by atoms with Gasteiger partial charge in [0, 0.05) is 24.2 Å². The van der Waals surface area contributed by atoms with Crippen LogP contribution in [0.5, 0.6) is 0 Å². The van der Waals surface area contributed by atoms with Crippen molar-refractivity contribution < 1.29 is 4.84 Å². The van der Waals surface area contributed by atoms with Gasteiger partial charge in [-0.1, -0.05) is 37.3 Å². The van der Waals surface area contributed by atoms with Crippen molar-refractivity contribution in [3.8, 4) is 0 Å². The smallest absolute Gasteiger partial charge is 0.0933 e. The summed E-state index contributed by atoms with van der Waals surface area (Å²) in [5.74, 6) is 0. The fraction of sp³-hybridized carbons (Fsp3) is 0.667. The first-order valence-electron chi connectivity index (χ1n) is 8.18. The van der Waals surface area contributed by atoms with Crippen LogP contribution in [-0.2, 0) is 11.4 Å². The summed E-state index contributed by atoms with van der Waals surface area (Å²) in [7, 11) is 0. The van der Waals surface area contributed by atoms with Crippen molar-refractivity contribution in [2.45, 2.75) is 71.2 Å². The Morgan fingerprint density at radius 1 is 1.19 bits per heavy atom. The Hall–Kier alpha value is -0.900. The summed E-state index contributed by atoms with van der Waals surface area (Å²) in [4.78, 5) is 8.34. The number of piperidine rings is 1. The molecule has 1 fully saturated rings. The molecule has 1 aromatic carbocycles. The van der Waals surface area contributed by atoms with Gasteiger partial charge >= 0.3 is 0 Å². The maximum atomic E-state index is 5.71. The van der Waals surface area contributed by atoms with Crippen molar-refractivity contribution in [1.82, 2.24) is 10.4 Å². The summed E-state index contributed by atoms with van der Waals surface area (Å²) >= 11 is 0. The van der Waals surface area contributed by atoms with Gasteiger partial charge in [-0.3, -0.25) is 9.74 Å². The standard InChI is InChI=1S/C18H30N2O/c1-5-17-12-11-16(13-20(17)18(2,3)4)19-21-14-15-9-7-6-8-10-15/h6-10,16-17,19H,5,11-14H2,1-4H3/t16-,17-/m0/s1. The first kappa shape index (κ1) is 16.5. The van der Waals surface area contributed by atoms with Crippen molar-refractivity contribution >= 4 is 0 Å². The van der Waals surface area contributed by atoms with Crippen molar-refractivity contribution in [1.29, 1.82) is 0 Å². The van der Waals surface area contributed by atoms with Crippen LogP contribution in [0.4, 0.5) is 0 Å². The van der Waals surface area contributed by atoms with Crippen LogP contribution in [-0.4, -0.2) is 29.1 Å². The predicted molar refractivity (Wildman–Crippen MR) is 87.9 cm³/mol. The summed E-state index contributed by atoms with van der Waals surface area (Å²) < 4.78 is 0. The number of rotatable bonds is 5. The van der Waals surface area contributed by atoms with E-state index in [1.165, 1.54) is 24.8 Å².